The number of hydrogen-bond donors (Lipinski definition) is 1. The summed E-state index contributed by atoms with van der Waals surface area (Å²) < 4.78 is 9.72. The van der Waals surface area contributed by atoms with Crippen LogP contribution in [0.25, 0.3) is 0 Å². The van der Waals surface area contributed by atoms with E-state index in [2.05, 4.69) is 4.99 Å². The molecule has 0 aromatic heterocycles. The van der Waals surface area contributed by atoms with Gasteiger partial charge in [-0.3, -0.25) is 15.1 Å². The maximum Gasteiger partial charge on any atom is 0.330 e. The number of nitro groups is 1. The van der Waals surface area contributed by atoms with Crippen molar-refractivity contribution in [2.45, 2.75) is 12.5 Å². The van der Waals surface area contributed by atoms with E-state index >= 15 is 0 Å². The van der Waals surface area contributed by atoms with Crippen LogP contribution < -0.4 is 4.74 Å². The largest absolute Gasteiger partial charge is 0.507 e. The molecule has 8 heteroatoms. The summed E-state index contributed by atoms with van der Waals surface area (Å²) >= 11 is 0. The zero-order chi connectivity index (χ0) is 19.1. The van der Waals surface area contributed by atoms with Gasteiger partial charge in [0.15, 0.2) is 11.8 Å². The fourth-order valence-corrected chi connectivity index (χ4v) is 2.33. The molecule has 2 rings (SSSR count). The van der Waals surface area contributed by atoms with E-state index in [0.717, 1.165) is 0 Å². The first-order valence-corrected chi connectivity index (χ1v) is 7.66. The number of para-hydroxylation sites is 1. The predicted molar refractivity (Wildman–Crippen MR) is 94.9 cm³/mol. The van der Waals surface area contributed by atoms with Gasteiger partial charge in [-0.15, -0.1) is 0 Å². The lowest BCUT2D eigenvalue weighted by Crippen LogP contribution is -2.23. The van der Waals surface area contributed by atoms with E-state index in [1.165, 1.54) is 38.6 Å². The number of phenols is 1. The minimum atomic E-state index is -0.910. The van der Waals surface area contributed by atoms with E-state index in [1.54, 1.807) is 24.3 Å². The molecule has 0 aliphatic rings. The van der Waals surface area contributed by atoms with Crippen LogP contribution in [0.15, 0.2) is 47.5 Å². The Bertz CT molecular complexity index is 834. The first-order chi connectivity index (χ1) is 12.5. The highest BCUT2D eigenvalue weighted by molar-refractivity contribution is 5.86. The lowest BCUT2D eigenvalue weighted by atomic mass is 10.0. The predicted octanol–water partition coefficient (Wildman–Crippen LogP) is 2.51. The number of benzene rings is 2. The number of aromatic hydroxyl groups is 1. The SMILES string of the molecule is COC(=O)[C@H](Cc1ccc(OC)c([N+](=O)[O-])c1)N=Cc1ccccc1O. The van der Waals surface area contributed by atoms with Gasteiger partial charge >= 0.3 is 11.7 Å². The monoisotopic (exact) mass is 358 g/mol. The fourth-order valence-electron chi connectivity index (χ4n) is 2.33. The number of phenolic OH excluding ortho intramolecular Hbond substituents is 1. The van der Waals surface area contributed by atoms with Crippen molar-refractivity contribution in [2.24, 2.45) is 4.99 Å². The number of rotatable bonds is 7. The summed E-state index contributed by atoms with van der Waals surface area (Å²) in [6.45, 7) is 0. The standard InChI is InChI=1S/C18H18N2O6/c1-25-17-8-7-12(10-15(17)20(23)24)9-14(18(22)26-2)19-11-13-5-3-4-6-16(13)21/h3-8,10-11,14,21H,9H2,1-2H3/t14-/m0/s1. The van der Waals surface area contributed by atoms with Gasteiger partial charge in [-0.2, -0.15) is 0 Å². The van der Waals surface area contributed by atoms with E-state index in [9.17, 15) is 20.0 Å². The number of nitro benzene ring substituents is 1. The molecule has 0 radical (unpaired) electrons. The fraction of sp³-hybridized carbons (Fsp3) is 0.222. The van der Waals surface area contributed by atoms with Crippen LogP contribution in [0.1, 0.15) is 11.1 Å². The van der Waals surface area contributed by atoms with Crippen molar-refractivity contribution in [3.63, 3.8) is 0 Å². The normalized spacial score (nSPS) is 11.9. The van der Waals surface area contributed by atoms with Crippen molar-refractivity contribution >= 4 is 17.9 Å². The third-order valence-electron chi connectivity index (χ3n) is 3.67. The van der Waals surface area contributed by atoms with Gasteiger partial charge in [0.25, 0.3) is 0 Å². The molecular formula is C18H18N2O6. The molecule has 0 saturated heterocycles. The molecule has 8 nitrogen and oxygen atoms in total. The molecule has 0 bridgehead atoms. The molecular weight excluding hydrogens is 340 g/mol. The number of carbonyl (C=O) groups is 1. The van der Waals surface area contributed by atoms with Crippen LogP contribution in [0.5, 0.6) is 11.5 Å². The van der Waals surface area contributed by atoms with Crippen LogP contribution in [0.2, 0.25) is 0 Å². The Hall–Kier alpha value is -3.42. The van der Waals surface area contributed by atoms with E-state index < -0.39 is 16.9 Å². The molecule has 136 valence electrons. The van der Waals surface area contributed by atoms with Crippen molar-refractivity contribution < 1.29 is 24.3 Å². The Balaban J connectivity index is 2.29. The maximum atomic E-state index is 12.0. The molecule has 0 heterocycles. The van der Waals surface area contributed by atoms with Gasteiger partial charge in [0, 0.05) is 24.3 Å². The molecule has 0 spiro atoms. The first kappa shape index (κ1) is 18.9. The summed E-state index contributed by atoms with van der Waals surface area (Å²) in [5.41, 5.74) is 0.780. The summed E-state index contributed by atoms with van der Waals surface area (Å²) in [5, 5.41) is 20.9. The third-order valence-corrected chi connectivity index (χ3v) is 3.67. The van der Waals surface area contributed by atoms with Gasteiger partial charge in [0.2, 0.25) is 0 Å². The van der Waals surface area contributed by atoms with Gasteiger partial charge in [-0.05, 0) is 23.8 Å². The van der Waals surface area contributed by atoms with Crippen molar-refractivity contribution in [1.82, 2.24) is 0 Å². The molecule has 0 aliphatic carbocycles. The van der Waals surface area contributed by atoms with Crippen molar-refractivity contribution in [3.05, 3.63) is 63.7 Å². The second-order valence-electron chi connectivity index (χ2n) is 5.34. The summed E-state index contributed by atoms with van der Waals surface area (Å²) in [4.78, 5) is 26.8. The maximum absolute atomic E-state index is 12.0. The van der Waals surface area contributed by atoms with Gasteiger partial charge in [0.1, 0.15) is 5.75 Å². The summed E-state index contributed by atoms with van der Waals surface area (Å²) in [5.74, 6) is -0.429. The molecule has 1 atom stereocenters. The Labute approximate surface area is 149 Å². The van der Waals surface area contributed by atoms with Crippen LogP contribution in [0, 0.1) is 10.1 Å². The molecule has 26 heavy (non-hydrogen) atoms. The molecule has 0 unspecified atom stereocenters. The van der Waals surface area contributed by atoms with Crippen LogP contribution in [0.3, 0.4) is 0 Å². The van der Waals surface area contributed by atoms with Crippen molar-refractivity contribution in [2.75, 3.05) is 14.2 Å². The molecule has 0 amide bonds. The first-order valence-electron chi connectivity index (χ1n) is 7.66. The number of esters is 1. The van der Waals surface area contributed by atoms with Gasteiger partial charge in [0.05, 0.1) is 19.1 Å². The number of methoxy groups -OCH3 is 2. The molecule has 0 fully saturated rings. The Kier molecular flexibility index (Phi) is 6.26. The second-order valence-corrected chi connectivity index (χ2v) is 5.34. The average Bonchev–Trinajstić information content (AvgIpc) is 2.65. The zero-order valence-electron chi connectivity index (χ0n) is 14.3. The lowest BCUT2D eigenvalue weighted by Gasteiger charge is -2.11. The number of aliphatic imine (C=N–C) groups is 1. The average molecular weight is 358 g/mol. The quantitative estimate of drug-likeness (QED) is 0.352. The highest BCUT2D eigenvalue weighted by Gasteiger charge is 2.21. The minimum Gasteiger partial charge on any atom is -0.507 e. The third kappa shape index (κ3) is 4.56. The lowest BCUT2D eigenvalue weighted by molar-refractivity contribution is -0.385. The topological polar surface area (TPSA) is 111 Å². The summed E-state index contributed by atoms with van der Waals surface area (Å²) in [6.07, 6.45) is 1.47. The minimum absolute atomic E-state index is 0.0277. The molecule has 2 aromatic carbocycles. The number of ether oxygens (including phenoxy) is 2. The Morgan fingerprint density at radius 2 is 2.04 bits per heavy atom. The highest BCUT2D eigenvalue weighted by atomic mass is 16.6. The number of hydrogen-bond acceptors (Lipinski definition) is 7. The number of carbonyl (C=O) groups excluding carboxylic acids is 1. The molecule has 2 aromatic rings. The zero-order valence-corrected chi connectivity index (χ0v) is 14.3. The highest BCUT2D eigenvalue weighted by Crippen LogP contribution is 2.28. The summed E-state index contributed by atoms with van der Waals surface area (Å²) in [7, 11) is 2.58. The molecule has 1 N–H and O–H groups in total. The van der Waals surface area contributed by atoms with Crippen LogP contribution in [-0.2, 0) is 16.0 Å². The van der Waals surface area contributed by atoms with Crippen LogP contribution in [0.4, 0.5) is 5.69 Å². The van der Waals surface area contributed by atoms with E-state index in [4.69, 9.17) is 9.47 Å². The van der Waals surface area contributed by atoms with Gasteiger partial charge < -0.3 is 14.6 Å². The second kappa shape index (κ2) is 8.61. The van der Waals surface area contributed by atoms with E-state index in [0.29, 0.717) is 11.1 Å². The summed E-state index contributed by atoms with van der Waals surface area (Å²) in [6, 6.07) is 10.1. The molecule has 0 aliphatic heterocycles. The molecule has 0 saturated carbocycles. The Morgan fingerprint density at radius 1 is 1.31 bits per heavy atom. The smallest absolute Gasteiger partial charge is 0.330 e. The Morgan fingerprint density at radius 3 is 2.65 bits per heavy atom. The van der Waals surface area contributed by atoms with E-state index in [1.807, 2.05) is 0 Å². The van der Waals surface area contributed by atoms with Crippen molar-refractivity contribution in [3.8, 4) is 11.5 Å². The van der Waals surface area contributed by atoms with E-state index in [-0.39, 0.29) is 23.6 Å². The van der Waals surface area contributed by atoms with Crippen LogP contribution >= 0.6 is 0 Å². The number of nitrogens with zero attached hydrogens (tertiary/aromatic N) is 2. The van der Waals surface area contributed by atoms with Crippen molar-refractivity contribution in [1.29, 1.82) is 0 Å². The van der Waals surface area contributed by atoms with Crippen LogP contribution in [-0.4, -0.2) is 42.5 Å². The van der Waals surface area contributed by atoms with Gasteiger partial charge in [-0.1, -0.05) is 18.2 Å². The van der Waals surface area contributed by atoms with Gasteiger partial charge in [-0.25, -0.2) is 4.79 Å².